The van der Waals surface area contributed by atoms with Crippen LogP contribution in [0.4, 0.5) is 10.7 Å². The van der Waals surface area contributed by atoms with Crippen molar-refractivity contribution in [3.05, 3.63) is 56.5 Å². The molecule has 0 aliphatic heterocycles. The number of anilines is 1. The Morgan fingerprint density at radius 2 is 1.84 bits per heavy atom. The third-order valence-electron chi connectivity index (χ3n) is 5.54. The van der Waals surface area contributed by atoms with E-state index in [0.29, 0.717) is 41.8 Å². The van der Waals surface area contributed by atoms with Gasteiger partial charge in [0.25, 0.3) is 11.6 Å². The molecular formula is C22H25N3O6S. The van der Waals surface area contributed by atoms with E-state index < -0.39 is 4.92 Å². The summed E-state index contributed by atoms with van der Waals surface area (Å²) >= 11 is 1.32. The number of nitro benzene ring substituents is 1. The first kappa shape index (κ1) is 23.4. The Hall–Kier alpha value is -3.27. The van der Waals surface area contributed by atoms with Crippen LogP contribution in [0.25, 0.3) is 0 Å². The van der Waals surface area contributed by atoms with Crippen molar-refractivity contribution < 1.29 is 24.0 Å². The Morgan fingerprint density at radius 1 is 1.16 bits per heavy atom. The van der Waals surface area contributed by atoms with Gasteiger partial charge in [-0.05, 0) is 44.2 Å². The standard InChI is InChI=1S/C22H25N3O6S/c1-13-10-18(20(27)23-12-14-4-3-5-17(11-14)25(29)30)21(32-13)24-19(26)15-6-8-16(9-7-15)22(28)31-2/h3-5,10-11,15-16H,6-9,12H2,1-2H3,(H,23,27)(H,24,26). The van der Waals surface area contributed by atoms with Crippen LogP contribution in [0.5, 0.6) is 0 Å². The first-order valence-corrected chi connectivity index (χ1v) is 11.1. The highest BCUT2D eigenvalue weighted by molar-refractivity contribution is 7.16. The minimum Gasteiger partial charge on any atom is -0.469 e. The molecule has 2 N–H and O–H groups in total. The average molecular weight is 460 g/mol. The van der Waals surface area contributed by atoms with Crippen molar-refractivity contribution in [3.8, 4) is 0 Å². The number of nitro groups is 1. The fourth-order valence-corrected chi connectivity index (χ4v) is 4.72. The predicted octanol–water partition coefficient (Wildman–Crippen LogP) is 3.81. The molecule has 0 radical (unpaired) electrons. The summed E-state index contributed by atoms with van der Waals surface area (Å²) in [4.78, 5) is 48.5. The summed E-state index contributed by atoms with van der Waals surface area (Å²) in [5.74, 6) is -1.16. The van der Waals surface area contributed by atoms with Gasteiger partial charge in [0.1, 0.15) is 5.00 Å². The van der Waals surface area contributed by atoms with E-state index in [1.54, 1.807) is 18.2 Å². The third kappa shape index (κ3) is 5.70. The quantitative estimate of drug-likeness (QED) is 0.368. The molecule has 0 spiro atoms. The van der Waals surface area contributed by atoms with Gasteiger partial charge in [-0.1, -0.05) is 12.1 Å². The molecule has 3 rings (SSSR count). The second kappa shape index (κ2) is 10.4. The lowest BCUT2D eigenvalue weighted by Gasteiger charge is -2.26. The lowest BCUT2D eigenvalue weighted by molar-refractivity contribution is -0.384. The van der Waals surface area contributed by atoms with Crippen LogP contribution in [0.15, 0.2) is 30.3 Å². The maximum atomic E-state index is 12.8. The molecule has 32 heavy (non-hydrogen) atoms. The van der Waals surface area contributed by atoms with Crippen LogP contribution in [0, 0.1) is 28.9 Å². The zero-order valence-electron chi connectivity index (χ0n) is 17.9. The maximum Gasteiger partial charge on any atom is 0.308 e. The van der Waals surface area contributed by atoms with Gasteiger partial charge < -0.3 is 15.4 Å². The van der Waals surface area contributed by atoms with E-state index in [1.165, 1.54) is 30.6 Å². The molecule has 1 aliphatic rings. The lowest BCUT2D eigenvalue weighted by atomic mass is 9.81. The summed E-state index contributed by atoms with van der Waals surface area (Å²) in [6, 6.07) is 7.76. The van der Waals surface area contributed by atoms with Crippen LogP contribution in [0.3, 0.4) is 0 Å². The largest absolute Gasteiger partial charge is 0.469 e. The van der Waals surface area contributed by atoms with E-state index in [2.05, 4.69) is 10.6 Å². The molecule has 0 saturated heterocycles. The Bertz CT molecular complexity index is 1030. The number of carbonyl (C=O) groups is 3. The molecule has 0 bridgehead atoms. The fraction of sp³-hybridized carbons (Fsp3) is 0.409. The Morgan fingerprint density at radius 3 is 2.50 bits per heavy atom. The van der Waals surface area contributed by atoms with E-state index in [0.717, 1.165) is 4.88 Å². The Kier molecular flexibility index (Phi) is 7.57. The summed E-state index contributed by atoms with van der Waals surface area (Å²) in [5, 5.41) is 17.0. The number of benzene rings is 1. The van der Waals surface area contributed by atoms with E-state index in [9.17, 15) is 24.5 Å². The number of carbonyl (C=O) groups excluding carboxylic acids is 3. The van der Waals surface area contributed by atoms with Crippen molar-refractivity contribution in [2.45, 2.75) is 39.2 Å². The number of thiophene rings is 1. The number of methoxy groups -OCH3 is 1. The van der Waals surface area contributed by atoms with Gasteiger partial charge in [-0.25, -0.2) is 0 Å². The number of aryl methyl sites for hydroxylation is 1. The van der Waals surface area contributed by atoms with Crippen LogP contribution >= 0.6 is 11.3 Å². The van der Waals surface area contributed by atoms with Crippen LogP contribution in [-0.2, 0) is 20.9 Å². The molecule has 1 saturated carbocycles. The number of hydrogen-bond donors (Lipinski definition) is 2. The molecule has 1 aromatic heterocycles. The van der Waals surface area contributed by atoms with Crippen LogP contribution in [0.1, 0.15) is 46.5 Å². The van der Waals surface area contributed by atoms with Crippen molar-refractivity contribution in [2.75, 3.05) is 12.4 Å². The summed E-state index contributed by atoms with van der Waals surface area (Å²) < 4.78 is 4.78. The fourth-order valence-electron chi connectivity index (χ4n) is 3.81. The highest BCUT2D eigenvalue weighted by Gasteiger charge is 2.31. The number of nitrogens with one attached hydrogen (secondary N) is 2. The molecule has 10 heteroatoms. The van der Waals surface area contributed by atoms with Gasteiger partial charge in [-0.2, -0.15) is 0 Å². The average Bonchev–Trinajstić information content (AvgIpc) is 3.17. The van der Waals surface area contributed by atoms with Gasteiger partial charge in [0.05, 0.1) is 23.5 Å². The highest BCUT2D eigenvalue weighted by Crippen LogP contribution is 2.33. The van der Waals surface area contributed by atoms with Gasteiger partial charge >= 0.3 is 5.97 Å². The molecule has 2 aromatic rings. The van der Waals surface area contributed by atoms with Crippen LogP contribution in [-0.4, -0.2) is 29.8 Å². The number of ether oxygens (including phenoxy) is 1. The highest BCUT2D eigenvalue weighted by atomic mass is 32.1. The number of non-ortho nitro benzene ring substituents is 1. The van der Waals surface area contributed by atoms with Gasteiger partial charge in [-0.15, -0.1) is 11.3 Å². The number of amides is 2. The van der Waals surface area contributed by atoms with Gasteiger partial charge in [-0.3, -0.25) is 24.5 Å². The van der Waals surface area contributed by atoms with Crippen molar-refractivity contribution in [1.29, 1.82) is 0 Å². The topological polar surface area (TPSA) is 128 Å². The number of hydrogen-bond acceptors (Lipinski definition) is 7. The van der Waals surface area contributed by atoms with Gasteiger partial charge in [0.2, 0.25) is 5.91 Å². The first-order chi connectivity index (χ1) is 15.3. The molecular weight excluding hydrogens is 434 g/mol. The SMILES string of the molecule is COC(=O)C1CCC(C(=O)Nc2sc(C)cc2C(=O)NCc2cccc([N+](=O)[O-])c2)CC1. The van der Waals surface area contributed by atoms with Crippen molar-refractivity contribution >= 4 is 39.8 Å². The van der Waals surface area contributed by atoms with Crippen LogP contribution < -0.4 is 10.6 Å². The number of esters is 1. The van der Waals surface area contributed by atoms with E-state index in [-0.39, 0.29) is 41.9 Å². The zero-order valence-corrected chi connectivity index (χ0v) is 18.7. The maximum absolute atomic E-state index is 12.8. The molecule has 1 heterocycles. The molecule has 1 fully saturated rings. The molecule has 0 unspecified atom stereocenters. The van der Waals surface area contributed by atoms with Gasteiger partial charge in [0, 0.05) is 29.5 Å². The van der Waals surface area contributed by atoms with Crippen molar-refractivity contribution in [3.63, 3.8) is 0 Å². The lowest BCUT2D eigenvalue weighted by Crippen LogP contribution is -2.30. The molecule has 1 aliphatic carbocycles. The molecule has 0 atom stereocenters. The normalized spacial score (nSPS) is 17.9. The van der Waals surface area contributed by atoms with E-state index >= 15 is 0 Å². The predicted molar refractivity (Wildman–Crippen MR) is 119 cm³/mol. The van der Waals surface area contributed by atoms with Gasteiger partial charge in [0.15, 0.2) is 0 Å². The summed E-state index contributed by atoms with van der Waals surface area (Å²) in [7, 11) is 1.37. The minimum atomic E-state index is -0.486. The Balaban J connectivity index is 1.61. The monoisotopic (exact) mass is 459 g/mol. The number of nitrogens with zero attached hydrogens (tertiary/aromatic N) is 1. The summed E-state index contributed by atoms with van der Waals surface area (Å²) in [6.07, 6.45) is 2.38. The molecule has 170 valence electrons. The first-order valence-electron chi connectivity index (χ1n) is 10.3. The molecule has 9 nitrogen and oxygen atoms in total. The van der Waals surface area contributed by atoms with E-state index in [4.69, 9.17) is 4.74 Å². The number of rotatable bonds is 7. The smallest absolute Gasteiger partial charge is 0.308 e. The second-order valence-corrected chi connectivity index (χ2v) is 9.03. The molecule has 1 aromatic carbocycles. The van der Waals surface area contributed by atoms with Crippen molar-refractivity contribution in [1.82, 2.24) is 5.32 Å². The van der Waals surface area contributed by atoms with E-state index in [1.807, 2.05) is 6.92 Å². The zero-order chi connectivity index (χ0) is 23.3. The third-order valence-corrected chi connectivity index (χ3v) is 6.51. The second-order valence-electron chi connectivity index (χ2n) is 7.77. The summed E-state index contributed by atoms with van der Waals surface area (Å²) in [5.41, 5.74) is 0.917. The van der Waals surface area contributed by atoms with Crippen molar-refractivity contribution in [2.24, 2.45) is 11.8 Å². The molecule has 2 amide bonds. The summed E-state index contributed by atoms with van der Waals surface area (Å²) in [6.45, 7) is 1.97. The minimum absolute atomic E-state index is 0.0435. The Labute approximate surface area is 189 Å². The van der Waals surface area contributed by atoms with Crippen LogP contribution in [0.2, 0.25) is 0 Å².